The molecule has 0 bridgehead atoms. The summed E-state index contributed by atoms with van der Waals surface area (Å²) in [5, 5.41) is 5.54. The van der Waals surface area contributed by atoms with E-state index in [-0.39, 0.29) is 23.0 Å². The minimum absolute atomic E-state index is 0.0201. The maximum absolute atomic E-state index is 12.8. The van der Waals surface area contributed by atoms with E-state index in [4.69, 9.17) is 4.74 Å². The third kappa shape index (κ3) is 7.50. The first kappa shape index (κ1) is 23.4. The molecule has 2 rings (SSSR count). The number of ether oxygens (including phenoxy) is 1. The van der Waals surface area contributed by atoms with Crippen LogP contribution in [0.1, 0.15) is 56.5 Å². The van der Waals surface area contributed by atoms with Crippen molar-refractivity contribution in [2.75, 3.05) is 13.2 Å². The summed E-state index contributed by atoms with van der Waals surface area (Å²) in [5.41, 5.74) is 1.69. The fourth-order valence-corrected chi connectivity index (χ4v) is 2.78. The number of carbonyl (C=O) groups excluding carboxylic acids is 2. The lowest BCUT2D eigenvalue weighted by Crippen LogP contribution is -2.45. The Kier molecular flexibility index (Phi) is 8.39. The van der Waals surface area contributed by atoms with E-state index in [2.05, 4.69) is 31.4 Å². The molecule has 5 nitrogen and oxygen atoms in total. The standard InChI is InChI=1S/C24H31FN2O3/c1-17(27-23(29)18-7-9-19(10-8-18)24(2,3)4)22(28)26-15-5-6-16-30-21-13-11-20(25)12-14-21/h7-14,17H,5-6,15-16H2,1-4H3,(H,26,28)(H,27,29). The van der Waals surface area contributed by atoms with Gasteiger partial charge in [-0.25, -0.2) is 4.39 Å². The molecule has 0 aliphatic heterocycles. The molecule has 2 aromatic carbocycles. The third-order valence-electron chi connectivity index (χ3n) is 4.71. The number of amides is 2. The van der Waals surface area contributed by atoms with Crippen LogP contribution in [-0.2, 0) is 10.2 Å². The molecule has 2 amide bonds. The van der Waals surface area contributed by atoms with Gasteiger partial charge in [0.05, 0.1) is 6.61 Å². The summed E-state index contributed by atoms with van der Waals surface area (Å²) in [6, 6.07) is 12.7. The molecule has 0 aliphatic carbocycles. The van der Waals surface area contributed by atoms with Gasteiger partial charge in [0.1, 0.15) is 17.6 Å². The first-order valence-electron chi connectivity index (χ1n) is 10.2. The summed E-state index contributed by atoms with van der Waals surface area (Å²) in [4.78, 5) is 24.5. The number of rotatable bonds is 9. The van der Waals surface area contributed by atoms with Crippen LogP contribution in [0.2, 0.25) is 0 Å². The van der Waals surface area contributed by atoms with Gasteiger partial charge in [0, 0.05) is 12.1 Å². The second kappa shape index (κ2) is 10.8. The minimum atomic E-state index is -0.629. The van der Waals surface area contributed by atoms with Crippen molar-refractivity contribution in [3.8, 4) is 5.75 Å². The summed E-state index contributed by atoms with van der Waals surface area (Å²) in [7, 11) is 0. The van der Waals surface area contributed by atoms with Crippen LogP contribution < -0.4 is 15.4 Å². The van der Waals surface area contributed by atoms with Crippen LogP contribution in [0.3, 0.4) is 0 Å². The van der Waals surface area contributed by atoms with Gasteiger partial charge in [0.2, 0.25) is 5.91 Å². The van der Waals surface area contributed by atoms with Crippen molar-refractivity contribution >= 4 is 11.8 Å². The molecular formula is C24H31FN2O3. The van der Waals surface area contributed by atoms with Crippen molar-refractivity contribution in [2.24, 2.45) is 0 Å². The zero-order valence-electron chi connectivity index (χ0n) is 18.1. The number of hydrogen-bond acceptors (Lipinski definition) is 3. The van der Waals surface area contributed by atoms with E-state index in [1.54, 1.807) is 31.2 Å². The first-order valence-corrected chi connectivity index (χ1v) is 10.2. The van der Waals surface area contributed by atoms with Crippen LogP contribution in [0.4, 0.5) is 4.39 Å². The predicted octanol–water partition coefficient (Wildman–Crippen LogP) is 4.22. The molecule has 162 valence electrons. The van der Waals surface area contributed by atoms with Crippen molar-refractivity contribution in [1.82, 2.24) is 10.6 Å². The molecule has 6 heteroatoms. The monoisotopic (exact) mass is 414 g/mol. The van der Waals surface area contributed by atoms with Gasteiger partial charge >= 0.3 is 0 Å². The highest BCUT2D eigenvalue weighted by Gasteiger charge is 2.18. The van der Waals surface area contributed by atoms with Crippen LogP contribution in [0.15, 0.2) is 48.5 Å². The van der Waals surface area contributed by atoms with E-state index < -0.39 is 6.04 Å². The van der Waals surface area contributed by atoms with Crippen molar-refractivity contribution < 1.29 is 18.7 Å². The average molecular weight is 415 g/mol. The highest BCUT2D eigenvalue weighted by Crippen LogP contribution is 2.22. The highest BCUT2D eigenvalue weighted by molar-refractivity contribution is 5.97. The van der Waals surface area contributed by atoms with Crippen LogP contribution in [0, 0.1) is 5.82 Å². The Labute approximate surface area is 178 Å². The van der Waals surface area contributed by atoms with Gasteiger partial charge in [-0.3, -0.25) is 9.59 Å². The molecule has 0 fully saturated rings. The maximum Gasteiger partial charge on any atom is 0.251 e. The van der Waals surface area contributed by atoms with Gasteiger partial charge in [0.15, 0.2) is 0 Å². The molecule has 0 aromatic heterocycles. The average Bonchev–Trinajstić information content (AvgIpc) is 2.71. The van der Waals surface area contributed by atoms with Crippen LogP contribution in [-0.4, -0.2) is 31.0 Å². The molecular weight excluding hydrogens is 383 g/mol. The third-order valence-corrected chi connectivity index (χ3v) is 4.71. The predicted molar refractivity (Wildman–Crippen MR) is 116 cm³/mol. The molecule has 0 saturated heterocycles. The number of carbonyl (C=O) groups is 2. The molecule has 2 N–H and O–H groups in total. The summed E-state index contributed by atoms with van der Waals surface area (Å²) in [6.45, 7) is 8.98. The first-order chi connectivity index (χ1) is 14.2. The summed E-state index contributed by atoms with van der Waals surface area (Å²) < 4.78 is 18.3. The molecule has 2 aromatic rings. The normalized spacial score (nSPS) is 12.2. The lowest BCUT2D eigenvalue weighted by molar-refractivity contribution is -0.122. The molecule has 30 heavy (non-hydrogen) atoms. The fraction of sp³-hybridized carbons (Fsp3) is 0.417. The quantitative estimate of drug-likeness (QED) is 0.604. The SMILES string of the molecule is CC(NC(=O)c1ccc(C(C)(C)C)cc1)C(=O)NCCCCOc1ccc(F)cc1. The zero-order valence-corrected chi connectivity index (χ0v) is 18.1. The van der Waals surface area contributed by atoms with E-state index in [1.165, 1.54) is 12.1 Å². The van der Waals surface area contributed by atoms with E-state index >= 15 is 0 Å². The molecule has 0 saturated carbocycles. The summed E-state index contributed by atoms with van der Waals surface area (Å²) in [6.07, 6.45) is 1.49. The Morgan fingerprint density at radius 2 is 1.63 bits per heavy atom. The summed E-state index contributed by atoms with van der Waals surface area (Å²) in [5.74, 6) is -0.180. The van der Waals surface area contributed by atoms with E-state index in [0.717, 1.165) is 18.4 Å². The van der Waals surface area contributed by atoms with Gasteiger partial charge < -0.3 is 15.4 Å². The van der Waals surface area contributed by atoms with E-state index in [9.17, 15) is 14.0 Å². The largest absolute Gasteiger partial charge is 0.494 e. The number of unbranched alkanes of at least 4 members (excludes halogenated alkanes) is 1. The number of benzene rings is 2. The van der Waals surface area contributed by atoms with Crippen molar-refractivity contribution in [3.63, 3.8) is 0 Å². The van der Waals surface area contributed by atoms with E-state index in [1.807, 2.05) is 12.1 Å². The van der Waals surface area contributed by atoms with Crippen molar-refractivity contribution in [2.45, 2.75) is 52.0 Å². The lowest BCUT2D eigenvalue weighted by atomic mass is 9.86. The van der Waals surface area contributed by atoms with Crippen LogP contribution in [0.5, 0.6) is 5.75 Å². The Morgan fingerprint density at radius 1 is 1.00 bits per heavy atom. The molecule has 1 atom stereocenters. The van der Waals surface area contributed by atoms with Gasteiger partial charge in [-0.1, -0.05) is 32.9 Å². The van der Waals surface area contributed by atoms with Gasteiger partial charge in [-0.15, -0.1) is 0 Å². The van der Waals surface area contributed by atoms with Crippen LogP contribution in [0.25, 0.3) is 0 Å². The highest BCUT2D eigenvalue weighted by atomic mass is 19.1. The topological polar surface area (TPSA) is 67.4 Å². The molecule has 0 aliphatic rings. The molecule has 1 unspecified atom stereocenters. The smallest absolute Gasteiger partial charge is 0.251 e. The maximum atomic E-state index is 12.8. The molecule has 0 heterocycles. The number of hydrogen-bond donors (Lipinski definition) is 2. The van der Waals surface area contributed by atoms with Gasteiger partial charge in [-0.2, -0.15) is 0 Å². The number of halogens is 1. The summed E-state index contributed by atoms with van der Waals surface area (Å²) >= 11 is 0. The zero-order chi connectivity index (χ0) is 22.1. The lowest BCUT2D eigenvalue weighted by Gasteiger charge is -2.19. The van der Waals surface area contributed by atoms with E-state index in [0.29, 0.717) is 24.5 Å². The molecule has 0 radical (unpaired) electrons. The Balaban J connectivity index is 1.66. The van der Waals surface area contributed by atoms with Gasteiger partial charge in [-0.05, 0) is 67.1 Å². The van der Waals surface area contributed by atoms with Crippen LogP contribution >= 0.6 is 0 Å². The molecule has 0 spiro atoms. The minimum Gasteiger partial charge on any atom is -0.494 e. The van der Waals surface area contributed by atoms with Gasteiger partial charge in [0.25, 0.3) is 5.91 Å². The Morgan fingerprint density at radius 3 is 2.23 bits per heavy atom. The Hall–Kier alpha value is -2.89. The van der Waals surface area contributed by atoms with Crippen molar-refractivity contribution in [3.05, 3.63) is 65.5 Å². The fourth-order valence-electron chi connectivity index (χ4n) is 2.78. The van der Waals surface area contributed by atoms with Crippen molar-refractivity contribution in [1.29, 1.82) is 0 Å². The second-order valence-electron chi connectivity index (χ2n) is 8.32. The second-order valence-corrected chi connectivity index (χ2v) is 8.32. The number of nitrogens with one attached hydrogen (secondary N) is 2. The Bertz CT molecular complexity index is 827.